The Balaban J connectivity index is 3.52. The van der Waals surface area contributed by atoms with Crippen molar-refractivity contribution < 1.29 is 40.6 Å². The Hall–Kier alpha value is -0.540. The molecule has 0 bridgehead atoms. The van der Waals surface area contributed by atoms with Gasteiger partial charge in [-0.1, -0.05) is 0 Å². The molecule has 0 spiro atoms. The van der Waals surface area contributed by atoms with Crippen molar-refractivity contribution in [2.45, 2.75) is 25.9 Å². The smallest absolute Gasteiger partial charge is 0.350 e. The highest BCUT2D eigenvalue weighted by Crippen LogP contribution is 2.19. The fraction of sp³-hybridized carbons (Fsp3) is 1.00. The summed E-state index contributed by atoms with van der Waals surface area (Å²) in [5.74, 6) is 0. The zero-order valence-corrected chi connectivity index (χ0v) is 7.48. The molecule has 1 atom stereocenters. The molecule has 0 fully saturated rings. The molecule has 0 aliphatic rings. The number of rotatable bonds is 5. The van der Waals surface area contributed by atoms with Crippen LogP contribution in [0.15, 0.2) is 0 Å². The molecular formula is C6H8F6O3. The molecule has 15 heavy (non-hydrogen) atoms. The molecule has 0 aromatic heterocycles. The summed E-state index contributed by atoms with van der Waals surface area (Å²) in [6.07, 6.45) is -11.4. The van der Waals surface area contributed by atoms with Gasteiger partial charge in [-0.05, 0) is 6.92 Å². The van der Waals surface area contributed by atoms with Crippen molar-refractivity contribution in [2.24, 2.45) is 0 Å². The Morgan fingerprint density at radius 3 is 1.87 bits per heavy atom. The van der Waals surface area contributed by atoms with E-state index < -0.39 is 32.2 Å². The van der Waals surface area contributed by atoms with Gasteiger partial charge in [-0.2, -0.15) is 0 Å². The van der Waals surface area contributed by atoms with Gasteiger partial charge in [0, 0.05) is 0 Å². The van der Waals surface area contributed by atoms with Gasteiger partial charge in [0.25, 0.3) is 0 Å². The summed E-state index contributed by atoms with van der Waals surface area (Å²) in [4.78, 5) is 0. The molecule has 0 rings (SSSR count). The van der Waals surface area contributed by atoms with Gasteiger partial charge in [0.05, 0.1) is 13.2 Å². The van der Waals surface area contributed by atoms with E-state index in [9.17, 15) is 26.3 Å². The monoisotopic (exact) mass is 242 g/mol. The lowest BCUT2D eigenvalue weighted by Crippen LogP contribution is -2.26. The lowest BCUT2D eigenvalue weighted by Gasteiger charge is -2.15. The Kier molecular flexibility index (Phi) is 5.32. The summed E-state index contributed by atoms with van der Waals surface area (Å²) in [6, 6.07) is 0. The molecule has 92 valence electrons. The molecule has 0 radical (unpaired) electrons. The largest absolute Gasteiger partial charge is 0.524 e. The molecule has 0 aromatic carbocycles. The molecule has 0 N–H and O–H groups in total. The number of ether oxygens (including phenoxy) is 3. The van der Waals surface area contributed by atoms with E-state index in [4.69, 9.17) is 0 Å². The van der Waals surface area contributed by atoms with E-state index in [1.54, 1.807) is 0 Å². The molecule has 3 nitrogen and oxygen atoms in total. The number of hydrogen-bond donors (Lipinski definition) is 0. The Bertz CT molecular complexity index is 177. The Morgan fingerprint density at radius 2 is 1.47 bits per heavy atom. The average Bonchev–Trinajstić information content (AvgIpc) is 1.92. The van der Waals surface area contributed by atoms with E-state index in [0.29, 0.717) is 0 Å². The zero-order valence-electron chi connectivity index (χ0n) is 7.48. The maximum Gasteiger partial charge on any atom is 0.524 e. The summed E-state index contributed by atoms with van der Waals surface area (Å²) in [7, 11) is 0. The third-order valence-electron chi connectivity index (χ3n) is 1.00. The molecular weight excluding hydrogens is 234 g/mol. The van der Waals surface area contributed by atoms with Crippen LogP contribution in [0.5, 0.6) is 0 Å². The van der Waals surface area contributed by atoms with Crippen LogP contribution in [0.25, 0.3) is 0 Å². The van der Waals surface area contributed by atoms with Crippen LogP contribution >= 0.6 is 0 Å². The summed E-state index contributed by atoms with van der Waals surface area (Å²) in [5.41, 5.74) is 0. The van der Waals surface area contributed by atoms with Crippen molar-refractivity contribution in [1.82, 2.24) is 0 Å². The van der Waals surface area contributed by atoms with Crippen LogP contribution in [0.2, 0.25) is 0 Å². The minimum Gasteiger partial charge on any atom is -0.350 e. The molecule has 1 unspecified atom stereocenters. The molecule has 0 aromatic rings. The van der Waals surface area contributed by atoms with Crippen LogP contribution in [-0.2, 0) is 14.2 Å². The fourth-order valence-electron chi connectivity index (χ4n) is 0.594. The molecule has 0 aliphatic carbocycles. The van der Waals surface area contributed by atoms with Crippen LogP contribution < -0.4 is 0 Å². The maximum absolute atomic E-state index is 11.5. The lowest BCUT2D eigenvalue weighted by molar-refractivity contribution is -0.379. The van der Waals surface area contributed by atoms with E-state index in [1.807, 2.05) is 0 Å². The molecule has 0 saturated heterocycles. The van der Waals surface area contributed by atoms with Crippen molar-refractivity contribution in [3.63, 3.8) is 0 Å². The van der Waals surface area contributed by atoms with Crippen molar-refractivity contribution in [1.29, 1.82) is 0 Å². The van der Waals surface area contributed by atoms with Gasteiger partial charge in [-0.15, -0.1) is 26.3 Å². The second-order valence-electron chi connectivity index (χ2n) is 2.30. The third-order valence-corrected chi connectivity index (χ3v) is 1.00. The van der Waals surface area contributed by atoms with Gasteiger partial charge < -0.3 is 4.74 Å². The van der Waals surface area contributed by atoms with Crippen LogP contribution in [0.4, 0.5) is 26.3 Å². The van der Waals surface area contributed by atoms with Crippen LogP contribution in [0, 0.1) is 0 Å². The first-order valence-corrected chi connectivity index (χ1v) is 3.67. The first-order chi connectivity index (χ1) is 6.60. The predicted octanol–water partition coefficient (Wildman–Crippen LogP) is 2.42. The average molecular weight is 242 g/mol. The van der Waals surface area contributed by atoms with Gasteiger partial charge in [0.1, 0.15) is 0 Å². The van der Waals surface area contributed by atoms with E-state index in [2.05, 4.69) is 14.2 Å². The van der Waals surface area contributed by atoms with Crippen LogP contribution in [0.3, 0.4) is 0 Å². The second kappa shape index (κ2) is 5.52. The third kappa shape index (κ3) is 11.4. The SMILES string of the molecule is CC(OCCOC(F)(F)F)OC(F)(F)F. The van der Waals surface area contributed by atoms with E-state index >= 15 is 0 Å². The van der Waals surface area contributed by atoms with Crippen molar-refractivity contribution in [3.8, 4) is 0 Å². The lowest BCUT2D eigenvalue weighted by atomic mass is 10.7. The highest BCUT2D eigenvalue weighted by atomic mass is 19.4. The summed E-state index contributed by atoms with van der Waals surface area (Å²) in [6.45, 7) is -0.646. The van der Waals surface area contributed by atoms with Crippen LogP contribution in [0.1, 0.15) is 6.92 Å². The van der Waals surface area contributed by atoms with Gasteiger partial charge in [-0.25, -0.2) is 0 Å². The molecule has 0 saturated carbocycles. The highest BCUT2D eigenvalue weighted by molar-refractivity contribution is 4.37. The number of hydrogen-bond acceptors (Lipinski definition) is 3. The summed E-state index contributed by atoms with van der Waals surface area (Å²) >= 11 is 0. The summed E-state index contributed by atoms with van der Waals surface area (Å²) < 4.78 is 79.4. The van der Waals surface area contributed by atoms with Gasteiger partial charge in [0.15, 0.2) is 6.29 Å². The van der Waals surface area contributed by atoms with E-state index in [1.165, 1.54) is 0 Å². The maximum atomic E-state index is 11.5. The Morgan fingerprint density at radius 1 is 0.933 bits per heavy atom. The first kappa shape index (κ1) is 14.5. The van der Waals surface area contributed by atoms with E-state index in [-0.39, 0.29) is 0 Å². The highest BCUT2D eigenvalue weighted by Gasteiger charge is 2.32. The number of alkyl halides is 6. The first-order valence-electron chi connectivity index (χ1n) is 3.67. The van der Waals surface area contributed by atoms with Crippen LogP contribution in [-0.4, -0.2) is 32.2 Å². The van der Waals surface area contributed by atoms with Crippen molar-refractivity contribution in [2.75, 3.05) is 13.2 Å². The number of halogens is 6. The second-order valence-corrected chi connectivity index (χ2v) is 2.30. The minimum absolute atomic E-state index is 0.656. The molecule has 0 amide bonds. The van der Waals surface area contributed by atoms with Crippen molar-refractivity contribution in [3.05, 3.63) is 0 Å². The molecule has 0 heterocycles. The van der Waals surface area contributed by atoms with E-state index in [0.717, 1.165) is 6.92 Å². The predicted molar refractivity (Wildman–Crippen MR) is 34.6 cm³/mol. The standard InChI is InChI=1S/C6H8F6O3/c1-4(15-6(10,11)12)13-2-3-14-5(7,8)9/h4H,2-3H2,1H3. The minimum atomic E-state index is -4.88. The topological polar surface area (TPSA) is 27.7 Å². The zero-order chi connectivity index (χ0) is 12.1. The van der Waals surface area contributed by atoms with Gasteiger partial charge in [0.2, 0.25) is 0 Å². The summed E-state index contributed by atoms with van der Waals surface area (Å²) in [5, 5.41) is 0. The quantitative estimate of drug-likeness (QED) is 0.421. The van der Waals surface area contributed by atoms with Gasteiger partial charge in [-0.3, -0.25) is 9.47 Å². The van der Waals surface area contributed by atoms with Gasteiger partial charge >= 0.3 is 12.7 Å². The van der Waals surface area contributed by atoms with Crippen molar-refractivity contribution >= 4 is 0 Å². The normalized spacial score (nSPS) is 15.4. The Labute approximate surface area is 80.9 Å². The molecule has 9 heteroatoms. The molecule has 0 aliphatic heterocycles. The fourth-order valence-corrected chi connectivity index (χ4v) is 0.594.